The molecule has 0 fully saturated rings. The summed E-state index contributed by atoms with van der Waals surface area (Å²) < 4.78 is 4.74. The van der Waals surface area contributed by atoms with Crippen molar-refractivity contribution in [1.82, 2.24) is 0 Å². The molecule has 0 unspecified atom stereocenters. The minimum absolute atomic E-state index is 0.0557. The van der Waals surface area contributed by atoms with E-state index in [1.54, 1.807) is 0 Å². The average Bonchev–Trinajstić information content (AvgIpc) is 2.84. The van der Waals surface area contributed by atoms with Crippen LogP contribution in [0, 0.1) is 17.0 Å². The van der Waals surface area contributed by atoms with Crippen molar-refractivity contribution in [3.05, 3.63) is 61.0 Å². The van der Waals surface area contributed by atoms with Crippen LogP contribution in [-0.4, -0.2) is 15.8 Å². The summed E-state index contributed by atoms with van der Waals surface area (Å²) in [6.45, 7) is 1.47. The normalized spacial score (nSPS) is 10.9. The minimum atomic E-state index is -0.931. The van der Waals surface area contributed by atoms with Crippen LogP contribution in [0.1, 0.15) is 21.0 Å². The Bertz CT molecular complexity index is 801. The lowest BCUT2D eigenvalue weighted by molar-refractivity contribution is -0.380. The van der Waals surface area contributed by atoms with Crippen molar-refractivity contribution in [2.45, 2.75) is 6.92 Å². The first-order chi connectivity index (χ1) is 9.88. The molecule has 0 bridgehead atoms. The lowest BCUT2D eigenvalue weighted by atomic mass is 10.1. The lowest BCUT2D eigenvalue weighted by Gasteiger charge is -1.99. The van der Waals surface area contributed by atoms with Gasteiger partial charge in [-0.25, -0.2) is 4.79 Å². The number of rotatable bonds is 4. The average molecular weight is 307 g/mol. The zero-order valence-electron chi connectivity index (χ0n) is 10.7. The van der Waals surface area contributed by atoms with Gasteiger partial charge in [-0.3, -0.25) is 14.9 Å². The minimum Gasteiger partial charge on any atom is -0.507 e. The largest absolute Gasteiger partial charge is 0.507 e. The molecule has 0 radical (unpaired) electrons. The van der Waals surface area contributed by atoms with Crippen LogP contribution in [0.3, 0.4) is 0 Å². The summed E-state index contributed by atoms with van der Waals surface area (Å²) in [4.78, 5) is 33.9. The fourth-order valence-electron chi connectivity index (χ4n) is 1.59. The summed E-state index contributed by atoms with van der Waals surface area (Å²) in [6, 6.07) is 3.95. The zero-order chi connectivity index (χ0) is 15.6. The Morgan fingerprint density at radius 3 is 2.76 bits per heavy atom. The molecule has 21 heavy (non-hydrogen) atoms. The van der Waals surface area contributed by atoms with E-state index in [1.807, 2.05) is 0 Å². The van der Waals surface area contributed by atoms with Crippen molar-refractivity contribution in [1.29, 1.82) is 0 Å². The Morgan fingerprint density at radius 2 is 2.19 bits per heavy atom. The molecule has 108 valence electrons. The van der Waals surface area contributed by atoms with Gasteiger partial charge >= 0.3 is 10.6 Å². The third-order valence-electron chi connectivity index (χ3n) is 2.49. The van der Waals surface area contributed by atoms with Gasteiger partial charge in [-0.05, 0) is 25.1 Å². The Hall–Kier alpha value is -2.74. The molecule has 8 heteroatoms. The summed E-state index contributed by atoms with van der Waals surface area (Å²) >= 11 is 0.887. The van der Waals surface area contributed by atoms with Gasteiger partial charge in [-0.2, -0.15) is 0 Å². The van der Waals surface area contributed by atoms with Gasteiger partial charge in [-0.1, -0.05) is 11.3 Å². The molecule has 1 N–H and O–H groups in total. The molecule has 0 saturated carbocycles. The molecule has 0 aliphatic rings. The van der Waals surface area contributed by atoms with Crippen molar-refractivity contribution >= 4 is 28.2 Å². The predicted octanol–water partition coefficient (Wildman–Crippen LogP) is 2.52. The molecule has 0 aliphatic carbocycles. The molecule has 0 aliphatic heterocycles. The van der Waals surface area contributed by atoms with Crippen LogP contribution in [0.25, 0.3) is 6.08 Å². The molecule has 2 aromatic heterocycles. The van der Waals surface area contributed by atoms with Gasteiger partial charge in [-0.15, -0.1) is 0 Å². The van der Waals surface area contributed by atoms with Crippen LogP contribution in [-0.2, 0) is 0 Å². The maximum atomic E-state index is 11.9. The monoisotopic (exact) mass is 307 g/mol. The number of hydrogen-bond donors (Lipinski definition) is 1. The number of hydrogen-bond acceptors (Lipinski definition) is 7. The second-order valence-electron chi connectivity index (χ2n) is 4.04. The molecule has 2 rings (SSSR count). The number of carbonyl (C=O) groups is 1. The van der Waals surface area contributed by atoms with Crippen molar-refractivity contribution in [3.63, 3.8) is 0 Å². The van der Waals surface area contributed by atoms with Gasteiger partial charge in [0.05, 0.1) is 4.92 Å². The zero-order valence-corrected chi connectivity index (χ0v) is 11.5. The predicted molar refractivity (Wildman–Crippen MR) is 75.7 cm³/mol. The summed E-state index contributed by atoms with van der Waals surface area (Å²) in [7, 11) is 0. The number of carbonyl (C=O) groups excluding carboxylic acids is 1. The molecule has 0 amide bonds. The highest BCUT2D eigenvalue weighted by Crippen LogP contribution is 2.25. The number of nitrogens with zero attached hydrogens (tertiary/aromatic N) is 1. The quantitative estimate of drug-likeness (QED) is 0.402. The number of aryl methyl sites for hydroxylation is 1. The second kappa shape index (κ2) is 5.71. The Labute approximate surface area is 121 Å². The van der Waals surface area contributed by atoms with E-state index in [1.165, 1.54) is 31.2 Å². The lowest BCUT2D eigenvalue weighted by Crippen LogP contribution is -2.12. The summed E-state index contributed by atoms with van der Waals surface area (Å²) in [5.41, 5.74) is -1.40. The molecular weight excluding hydrogens is 298 g/mol. The van der Waals surface area contributed by atoms with E-state index in [2.05, 4.69) is 0 Å². The van der Waals surface area contributed by atoms with E-state index in [0.29, 0.717) is 4.88 Å². The third-order valence-corrected chi connectivity index (χ3v) is 3.49. The van der Waals surface area contributed by atoms with Crippen LogP contribution in [0.5, 0.6) is 5.75 Å². The maximum absolute atomic E-state index is 11.9. The molecule has 7 nitrogen and oxygen atoms in total. The molecule has 0 aromatic carbocycles. The van der Waals surface area contributed by atoms with Crippen LogP contribution in [0.2, 0.25) is 0 Å². The number of ketones is 1. The number of nitro groups is 1. The highest BCUT2D eigenvalue weighted by Gasteiger charge is 2.16. The highest BCUT2D eigenvalue weighted by atomic mass is 32.1. The third kappa shape index (κ3) is 3.23. The number of allylic oxidation sites excluding steroid dienone is 1. The molecular formula is C13H9NO6S. The topological polar surface area (TPSA) is 111 Å². The van der Waals surface area contributed by atoms with Crippen LogP contribution >= 0.6 is 11.3 Å². The van der Waals surface area contributed by atoms with E-state index in [-0.39, 0.29) is 10.8 Å². The maximum Gasteiger partial charge on any atom is 0.351 e. The number of aromatic hydroxyl groups is 1. The first-order valence-corrected chi connectivity index (χ1v) is 6.50. The van der Waals surface area contributed by atoms with Crippen molar-refractivity contribution < 1.29 is 19.2 Å². The summed E-state index contributed by atoms with van der Waals surface area (Å²) in [5.74, 6) is -1.01. The smallest absolute Gasteiger partial charge is 0.351 e. The highest BCUT2D eigenvalue weighted by molar-refractivity contribution is 7.16. The molecule has 2 aromatic rings. The number of thiophene rings is 1. The fourth-order valence-corrected chi connectivity index (χ4v) is 2.32. The van der Waals surface area contributed by atoms with Crippen LogP contribution in [0.15, 0.2) is 33.5 Å². The van der Waals surface area contributed by atoms with Gasteiger partial charge in [0, 0.05) is 17.0 Å². The van der Waals surface area contributed by atoms with Gasteiger partial charge in [0.2, 0.25) is 0 Å². The molecule has 0 atom stereocenters. The first kappa shape index (κ1) is 14.7. The van der Waals surface area contributed by atoms with Crippen molar-refractivity contribution in [2.75, 3.05) is 0 Å². The molecule has 0 spiro atoms. The summed E-state index contributed by atoms with van der Waals surface area (Å²) in [5, 5.41) is 20.1. The second-order valence-corrected chi connectivity index (χ2v) is 5.13. The van der Waals surface area contributed by atoms with E-state index in [9.17, 15) is 24.8 Å². The standard InChI is InChI=1S/C13H9NO6S/c1-7-6-10(16)12(13(17)20-7)9(15)4-2-8-3-5-11(21-8)14(18)19/h2-6,16H,1H3. The Balaban J connectivity index is 2.27. The fraction of sp³-hybridized carbons (Fsp3) is 0.0769. The van der Waals surface area contributed by atoms with Gasteiger partial charge in [0.15, 0.2) is 5.78 Å². The Morgan fingerprint density at radius 1 is 1.48 bits per heavy atom. The van der Waals surface area contributed by atoms with E-state index < -0.39 is 27.6 Å². The van der Waals surface area contributed by atoms with Gasteiger partial charge in [0.1, 0.15) is 17.1 Å². The van der Waals surface area contributed by atoms with Crippen molar-refractivity contribution in [2.24, 2.45) is 0 Å². The van der Waals surface area contributed by atoms with Gasteiger partial charge < -0.3 is 9.52 Å². The molecule has 0 saturated heterocycles. The summed E-state index contributed by atoms with van der Waals surface area (Å²) in [6.07, 6.45) is 2.38. The van der Waals surface area contributed by atoms with E-state index in [0.717, 1.165) is 17.4 Å². The van der Waals surface area contributed by atoms with Crippen LogP contribution in [0.4, 0.5) is 5.00 Å². The van der Waals surface area contributed by atoms with Gasteiger partial charge in [0.25, 0.3) is 0 Å². The van der Waals surface area contributed by atoms with E-state index >= 15 is 0 Å². The molecule has 2 heterocycles. The van der Waals surface area contributed by atoms with Crippen molar-refractivity contribution in [3.8, 4) is 5.75 Å². The first-order valence-electron chi connectivity index (χ1n) is 5.69. The Kier molecular flexibility index (Phi) is 3.99. The van der Waals surface area contributed by atoms with Crippen LogP contribution < -0.4 is 5.63 Å². The van der Waals surface area contributed by atoms with E-state index in [4.69, 9.17) is 4.42 Å². The SMILES string of the molecule is Cc1cc(O)c(C(=O)C=Cc2ccc([N+](=O)[O-])s2)c(=O)o1.